The minimum Gasteiger partial charge on any atom is -0.326 e. The largest absolute Gasteiger partial charge is 0.326 e. The summed E-state index contributed by atoms with van der Waals surface area (Å²) in [5, 5.41) is 2.60. The normalized spacial score (nSPS) is 16.7. The first-order chi connectivity index (χ1) is 14.2. The van der Waals surface area contributed by atoms with Gasteiger partial charge >= 0.3 is 0 Å². The number of amides is 2. The minimum absolute atomic E-state index is 0.00816. The Morgan fingerprint density at radius 1 is 1.23 bits per heavy atom. The van der Waals surface area contributed by atoms with Gasteiger partial charge in [-0.3, -0.25) is 9.59 Å². The zero-order valence-corrected chi connectivity index (χ0v) is 17.8. The van der Waals surface area contributed by atoms with Crippen molar-refractivity contribution in [2.24, 2.45) is 5.92 Å². The van der Waals surface area contributed by atoms with Crippen molar-refractivity contribution >= 4 is 44.8 Å². The molecule has 160 valence electrons. The van der Waals surface area contributed by atoms with Crippen LogP contribution in [0, 0.1) is 11.7 Å². The quantitative estimate of drug-likeness (QED) is 0.673. The summed E-state index contributed by atoms with van der Waals surface area (Å²) in [4.78, 5) is 26.4. The number of anilines is 2. The van der Waals surface area contributed by atoms with Crippen LogP contribution in [0.5, 0.6) is 0 Å². The Bertz CT molecular complexity index is 1060. The maximum absolute atomic E-state index is 13.4. The molecule has 1 aliphatic rings. The van der Waals surface area contributed by atoms with E-state index < -0.39 is 21.8 Å². The SMILES string of the molecule is CCCNS(=O)(=O)c1ccc(NC(=O)C2CC(=O)N(c3ccc(F)c(Cl)c3)C2)cc1. The lowest BCUT2D eigenvalue weighted by atomic mass is 10.1. The van der Waals surface area contributed by atoms with Gasteiger partial charge in [0.05, 0.1) is 15.8 Å². The van der Waals surface area contributed by atoms with E-state index in [0.717, 1.165) is 0 Å². The fourth-order valence-corrected chi connectivity index (χ4v) is 4.38. The van der Waals surface area contributed by atoms with E-state index in [0.29, 0.717) is 24.3 Å². The van der Waals surface area contributed by atoms with Crippen LogP contribution in [0.3, 0.4) is 0 Å². The van der Waals surface area contributed by atoms with Crippen molar-refractivity contribution in [2.45, 2.75) is 24.7 Å². The molecular weight excluding hydrogens is 433 g/mol. The Morgan fingerprint density at radius 3 is 2.57 bits per heavy atom. The zero-order valence-electron chi connectivity index (χ0n) is 16.2. The fourth-order valence-electron chi connectivity index (χ4n) is 3.07. The fraction of sp³-hybridized carbons (Fsp3) is 0.300. The second-order valence-corrected chi connectivity index (χ2v) is 9.09. The molecule has 2 aromatic carbocycles. The van der Waals surface area contributed by atoms with Gasteiger partial charge < -0.3 is 10.2 Å². The minimum atomic E-state index is -3.59. The van der Waals surface area contributed by atoms with Gasteiger partial charge in [0.25, 0.3) is 0 Å². The Kier molecular flexibility index (Phi) is 6.74. The number of hydrogen-bond donors (Lipinski definition) is 2. The smallest absolute Gasteiger partial charge is 0.240 e. The topological polar surface area (TPSA) is 95.6 Å². The maximum Gasteiger partial charge on any atom is 0.240 e. The van der Waals surface area contributed by atoms with E-state index in [-0.39, 0.29) is 34.7 Å². The molecule has 0 aromatic heterocycles. The van der Waals surface area contributed by atoms with Crippen molar-refractivity contribution in [1.29, 1.82) is 0 Å². The van der Waals surface area contributed by atoms with Crippen molar-refractivity contribution in [3.05, 3.63) is 53.3 Å². The lowest BCUT2D eigenvalue weighted by molar-refractivity contribution is -0.122. The Hall–Kier alpha value is -2.49. The number of hydrogen-bond acceptors (Lipinski definition) is 4. The van der Waals surface area contributed by atoms with Gasteiger partial charge in [-0.2, -0.15) is 0 Å². The molecule has 1 fully saturated rings. The molecule has 0 saturated carbocycles. The maximum atomic E-state index is 13.4. The molecule has 0 bridgehead atoms. The monoisotopic (exact) mass is 453 g/mol. The molecule has 2 N–H and O–H groups in total. The molecule has 1 unspecified atom stereocenters. The first kappa shape index (κ1) is 22.2. The van der Waals surface area contributed by atoms with Gasteiger partial charge in [-0.05, 0) is 48.9 Å². The van der Waals surface area contributed by atoms with E-state index in [1.807, 2.05) is 6.92 Å². The lowest BCUT2D eigenvalue weighted by Gasteiger charge is -2.17. The standard InChI is InChI=1S/C20H21ClFN3O4S/c1-2-9-23-30(28,29)16-6-3-14(4-7-16)24-20(27)13-10-19(26)25(12-13)15-5-8-18(22)17(21)11-15/h3-8,11,13,23H,2,9-10,12H2,1H3,(H,24,27). The van der Waals surface area contributed by atoms with Crippen molar-refractivity contribution in [2.75, 3.05) is 23.3 Å². The van der Waals surface area contributed by atoms with Crippen molar-refractivity contribution in [3.8, 4) is 0 Å². The van der Waals surface area contributed by atoms with Crippen LogP contribution in [-0.4, -0.2) is 33.3 Å². The highest BCUT2D eigenvalue weighted by Crippen LogP contribution is 2.29. The molecule has 2 amide bonds. The summed E-state index contributed by atoms with van der Waals surface area (Å²) in [6, 6.07) is 9.75. The molecular formula is C20H21ClFN3O4S. The van der Waals surface area contributed by atoms with E-state index in [9.17, 15) is 22.4 Å². The number of rotatable bonds is 7. The number of sulfonamides is 1. The Morgan fingerprint density at radius 2 is 1.93 bits per heavy atom. The molecule has 0 aliphatic carbocycles. The van der Waals surface area contributed by atoms with Crippen molar-refractivity contribution in [1.82, 2.24) is 4.72 Å². The average molecular weight is 454 g/mol. The zero-order chi connectivity index (χ0) is 21.9. The number of benzene rings is 2. The molecule has 7 nitrogen and oxygen atoms in total. The van der Waals surface area contributed by atoms with Crippen LogP contribution in [0.2, 0.25) is 5.02 Å². The van der Waals surface area contributed by atoms with Gasteiger partial charge in [0, 0.05) is 30.9 Å². The van der Waals surface area contributed by atoms with Gasteiger partial charge in [0.2, 0.25) is 21.8 Å². The highest BCUT2D eigenvalue weighted by Gasteiger charge is 2.35. The van der Waals surface area contributed by atoms with Crippen LogP contribution in [0.25, 0.3) is 0 Å². The first-order valence-electron chi connectivity index (χ1n) is 9.37. The third-order valence-corrected chi connectivity index (χ3v) is 6.45. The molecule has 1 aliphatic heterocycles. The van der Waals surface area contributed by atoms with E-state index in [1.54, 1.807) is 0 Å². The predicted molar refractivity (Wildman–Crippen MR) is 112 cm³/mol. The highest BCUT2D eigenvalue weighted by molar-refractivity contribution is 7.89. The van der Waals surface area contributed by atoms with Crippen molar-refractivity contribution < 1.29 is 22.4 Å². The third kappa shape index (κ3) is 4.97. The molecule has 2 aromatic rings. The summed E-state index contributed by atoms with van der Waals surface area (Å²) >= 11 is 5.78. The van der Waals surface area contributed by atoms with E-state index >= 15 is 0 Å². The summed E-state index contributed by atoms with van der Waals surface area (Å²) < 4.78 is 40.0. The van der Waals surface area contributed by atoms with Gasteiger partial charge in [-0.25, -0.2) is 17.5 Å². The summed E-state index contributed by atoms with van der Waals surface area (Å²) in [7, 11) is -3.59. The second-order valence-electron chi connectivity index (χ2n) is 6.92. The molecule has 0 spiro atoms. The van der Waals surface area contributed by atoms with E-state index in [1.165, 1.54) is 47.4 Å². The first-order valence-corrected chi connectivity index (χ1v) is 11.2. The summed E-state index contributed by atoms with van der Waals surface area (Å²) in [5.74, 6) is -1.81. The van der Waals surface area contributed by atoms with Gasteiger partial charge in [0.15, 0.2) is 0 Å². The van der Waals surface area contributed by atoms with Crippen LogP contribution >= 0.6 is 11.6 Å². The molecule has 1 saturated heterocycles. The van der Waals surface area contributed by atoms with E-state index in [2.05, 4.69) is 10.0 Å². The number of carbonyl (C=O) groups excluding carboxylic acids is 2. The number of nitrogens with one attached hydrogen (secondary N) is 2. The molecule has 10 heteroatoms. The molecule has 30 heavy (non-hydrogen) atoms. The summed E-state index contributed by atoms with van der Waals surface area (Å²) in [6.45, 7) is 2.34. The number of halogens is 2. The van der Waals surface area contributed by atoms with Crippen molar-refractivity contribution in [3.63, 3.8) is 0 Å². The third-order valence-electron chi connectivity index (χ3n) is 4.68. The van der Waals surface area contributed by atoms with Crippen LogP contribution in [0.4, 0.5) is 15.8 Å². The Balaban J connectivity index is 1.65. The van der Waals surface area contributed by atoms with Crippen LogP contribution in [0.15, 0.2) is 47.4 Å². The van der Waals surface area contributed by atoms with Crippen LogP contribution in [0.1, 0.15) is 19.8 Å². The highest BCUT2D eigenvalue weighted by atomic mass is 35.5. The molecule has 1 atom stereocenters. The van der Waals surface area contributed by atoms with E-state index in [4.69, 9.17) is 11.6 Å². The molecule has 0 radical (unpaired) electrons. The average Bonchev–Trinajstić information content (AvgIpc) is 3.11. The Labute approximate surface area is 179 Å². The molecule has 1 heterocycles. The summed E-state index contributed by atoms with van der Waals surface area (Å²) in [6.07, 6.45) is 0.683. The summed E-state index contributed by atoms with van der Waals surface area (Å²) in [5.41, 5.74) is 0.848. The lowest BCUT2D eigenvalue weighted by Crippen LogP contribution is -2.28. The van der Waals surface area contributed by atoms with Gasteiger partial charge in [-0.15, -0.1) is 0 Å². The van der Waals surface area contributed by atoms with Crippen LogP contribution < -0.4 is 14.9 Å². The number of carbonyl (C=O) groups is 2. The molecule has 3 rings (SSSR count). The predicted octanol–water partition coefficient (Wildman–Crippen LogP) is 3.16. The van der Waals surface area contributed by atoms with Crippen LogP contribution in [-0.2, 0) is 19.6 Å². The van der Waals surface area contributed by atoms with Gasteiger partial charge in [-0.1, -0.05) is 18.5 Å². The van der Waals surface area contributed by atoms with Gasteiger partial charge in [0.1, 0.15) is 5.82 Å². The second kappa shape index (κ2) is 9.11. The number of nitrogens with zero attached hydrogens (tertiary/aromatic N) is 1.